The number of piperidine rings is 1. The Hall–Kier alpha value is -2.53. The summed E-state index contributed by atoms with van der Waals surface area (Å²) >= 11 is 0. The van der Waals surface area contributed by atoms with Crippen molar-refractivity contribution in [1.82, 2.24) is 15.5 Å². The Balaban J connectivity index is 1.38. The largest absolute Gasteiger partial charge is 0.350 e. The Morgan fingerprint density at radius 3 is 2.93 bits per heavy atom. The Kier molecular flexibility index (Phi) is 4.79. The number of benzene rings is 1. The van der Waals surface area contributed by atoms with Gasteiger partial charge in [-0.05, 0) is 43.0 Å². The molecule has 28 heavy (non-hydrogen) atoms. The van der Waals surface area contributed by atoms with Crippen LogP contribution in [0.1, 0.15) is 42.9 Å². The van der Waals surface area contributed by atoms with Crippen molar-refractivity contribution in [3.05, 3.63) is 35.1 Å². The van der Waals surface area contributed by atoms with Crippen LogP contribution in [-0.2, 0) is 9.59 Å². The first-order valence-electron chi connectivity index (χ1n) is 9.55. The van der Waals surface area contributed by atoms with E-state index in [1.807, 2.05) is 0 Å². The van der Waals surface area contributed by atoms with Gasteiger partial charge in [0.05, 0.1) is 30.0 Å². The lowest BCUT2D eigenvalue weighted by Gasteiger charge is -2.35. The number of fused-ring (bicyclic) bond motifs is 5. The third-order valence-electron chi connectivity index (χ3n) is 6.12. The second kappa shape index (κ2) is 7.13. The van der Waals surface area contributed by atoms with Gasteiger partial charge in [0.15, 0.2) is 0 Å². The lowest BCUT2D eigenvalue weighted by atomic mass is 9.90. The van der Waals surface area contributed by atoms with E-state index < -0.39 is 18.3 Å². The van der Waals surface area contributed by atoms with E-state index in [4.69, 9.17) is 5.26 Å². The van der Waals surface area contributed by atoms with Crippen molar-refractivity contribution in [2.45, 2.75) is 50.0 Å². The second-order valence-corrected chi connectivity index (χ2v) is 7.91. The molecule has 2 heterocycles. The highest BCUT2D eigenvalue weighted by Gasteiger charge is 2.49. The molecular formula is C20H22F2N4O2. The quantitative estimate of drug-likeness (QED) is 0.820. The molecule has 8 heteroatoms. The number of halogens is 2. The van der Waals surface area contributed by atoms with Crippen LogP contribution in [0.4, 0.5) is 8.78 Å². The van der Waals surface area contributed by atoms with Crippen molar-refractivity contribution in [3.63, 3.8) is 0 Å². The summed E-state index contributed by atoms with van der Waals surface area (Å²) < 4.78 is 27.9. The highest BCUT2D eigenvalue weighted by atomic mass is 19.1. The van der Waals surface area contributed by atoms with Crippen LogP contribution in [0.15, 0.2) is 18.2 Å². The topological polar surface area (TPSA) is 85.2 Å². The van der Waals surface area contributed by atoms with Gasteiger partial charge in [0.1, 0.15) is 18.5 Å². The zero-order valence-corrected chi connectivity index (χ0v) is 15.5. The van der Waals surface area contributed by atoms with Crippen molar-refractivity contribution in [2.24, 2.45) is 5.92 Å². The van der Waals surface area contributed by atoms with Crippen LogP contribution in [-0.4, -0.2) is 48.1 Å². The fourth-order valence-corrected chi connectivity index (χ4v) is 4.74. The van der Waals surface area contributed by atoms with Crippen molar-refractivity contribution in [1.29, 1.82) is 5.26 Å². The zero-order valence-electron chi connectivity index (χ0n) is 15.5. The fourth-order valence-electron chi connectivity index (χ4n) is 4.74. The lowest BCUT2D eigenvalue weighted by Crippen LogP contribution is -2.58. The van der Waals surface area contributed by atoms with E-state index in [9.17, 15) is 18.4 Å². The molecule has 3 aliphatic rings. The molecule has 3 unspecified atom stereocenters. The van der Waals surface area contributed by atoms with Gasteiger partial charge in [-0.2, -0.15) is 5.26 Å². The Bertz CT molecular complexity index is 855. The lowest BCUT2D eigenvalue weighted by molar-refractivity contribution is -0.136. The Morgan fingerprint density at radius 1 is 1.43 bits per heavy atom. The van der Waals surface area contributed by atoms with Crippen LogP contribution in [0.2, 0.25) is 0 Å². The highest BCUT2D eigenvalue weighted by Crippen LogP contribution is 2.50. The molecular weight excluding hydrogens is 366 g/mol. The van der Waals surface area contributed by atoms with E-state index in [2.05, 4.69) is 16.7 Å². The van der Waals surface area contributed by atoms with Gasteiger partial charge in [-0.3, -0.25) is 9.59 Å². The number of nitrogens with zero attached hydrogens (tertiary/aromatic N) is 2. The number of likely N-dealkylation sites (tertiary alicyclic amines) is 1. The number of nitriles is 1. The maximum absolute atomic E-state index is 14.3. The number of nitrogens with one attached hydrogen (secondary N) is 2. The first-order valence-corrected chi connectivity index (χ1v) is 9.55. The summed E-state index contributed by atoms with van der Waals surface area (Å²) in [6.45, 7) is 1.96. The number of carbonyl (C=O) groups is 2. The van der Waals surface area contributed by atoms with Crippen LogP contribution in [0.5, 0.6) is 0 Å². The van der Waals surface area contributed by atoms with Gasteiger partial charge in [0.25, 0.3) is 0 Å². The summed E-state index contributed by atoms with van der Waals surface area (Å²) in [5, 5.41) is 14.7. The number of hydrogen-bond donors (Lipinski definition) is 2. The molecule has 1 aromatic carbocycles. The molecule has 2 saturated heterocycles. The maximum atomic E-state index is 14.3. The van der Waals surface area contributed by atoms with Gasteiger partial charge in [-0.25, -0.2) is 8.78 Å². The van der Waals surface area contributed by atoms with E-state index in [0.29, 0.717) is 13.0 Å². The number of rotatable bonds is 4. The number of hydrogen-bond acceptors (Lipinski definition) is 4. The average Bonchev–Trinajstić information content (AvgIpc) is 3.17. The van der Waals surface area contributed by atoms with Crippen molar-refractivity contribution in [3.8, 4) is 6.07 Å². The van der Waals surface area contributed by atoms with E-state index in [1.165, 1.54) is 17.0 Å². The molecule has 1 aromatic rings. The Labute approximate surface area is 161 Å². The van der Waals surface area contributed by atoms with E-state index in [1.54, 1.807) is 13.0 Å². The molecule has 0 aromatic heterocycles. The molecule has 4 rings (SSSR count). The summed E-state index contributed by atoms with van der Waals surface area (Å²) in [5.41, 5.74) is 1.62. The molecule has 2 fully saturated rings. The van der Waals surface area contributed by atoms with Gasteiger partial charge in [-0.15, -0.1) is 0 Å². The smallest absolute Gasteiger partial charge is 0.239 e. The number of carbonyl (C=O) groups excluding carboxylic acids is 2. The van der Waals surface area contributed by atoms with Crippen molar-refractivity contribution in [2.75, 3.05) is 13.1 Å². The minimum atomic E-state index is -1.23. The van der Waals surface area contributed by atoms with Crippen molar-refractivity contribution >= 4 is 11.8 Å². The summed E-state index contributed by atoms with van der Waals surface area (Å²) in [6.07, 6.45) is -0.523. The molecule has 6 nitrogen and oxygen atoms in total. The normalized spacial score (nSPS) is 32.0. The van der Waals surface area contributed by atoms with Crippen LogP contribution >= 0.6 is 0 Å². The van der Waals surface area contributed by atoms with Gasteiger partial charge < -0.3 is 15.5 Å². The van der Waals surface area contributed by atoms with E-state index in [0.717, 1.165) is 11.1 Å². The van der Waals surface area contributed by atoms with Gasteiger partial charge in [0, 0.05) is 12.6 Å². The molecule has 2 amide bonds. The van der Waals surface area contributed by atoms with Crippen LogP contribution in [0.3, 0.4) is 0 Å². The van der Waals surface area contributed by atoms with Gasteiger partial charge in [-0.1, -0.05) is 6.07 Å². The third kappa shape index (κ3) is 3.14. The Morgan fingerprint density at radius 2 is 2.21 bits per heavy atom. The zero-order chi connectivity index (χ0) is 20.0. The molecule has 1 aliphatic carbocycles. The number of alkyl halides is 1. The minimum absolute atomic E-state index is 0.122. The average molecular weight is 388 g/mol. The predicted molar refractivity (Wildman–Crippen MR) is 96.2 cm³/mol. The third-order valence-corrected chi connectivity index (χ3v) is 6.12. The molecule has 2 N–H and O–H groups in total. The summed E-state index contributed by atoms with van der Waals surface area (Å²) in [6, 6.07) is 5.15. The van der Waals surface area contributed by atoms with Gasteiger partial charge >= 0.3 is 0 Å². The van der Waals surface area contributed by atoms with Crippen LogP contribution in [0, 0.1) is 23.1 Å². The molecule has 0 spiro atoms. The summed E-state index contributed by atoms with van der Waals surface area (Å²) in [4.78, 5) is 26.6. The first kappa shape index (κ1) is 18.8. The molecule has 6 atom stereocenters. The monoisotopic (exact) mass is 388 g/mol. The van der Waals surface area contributed by atoms with Crippen LogP contribution in [0.25, 0.3) is 0 Å². The van der Waals surface area contributed by atoms with Crippen molar-refractivity contribution < 1.29 is 18.4 Å². The molecule has 148 valence electrons. The van der Waals surface area contributed by atoms with Gasteiger partial charge in [0.2, 0.25) is 11.8 Å². The molecule has 2 aliphatic heterocycles. The second-order valence-electron chi connectivity index (χ2n) is 7.91. The highest BCUT2D eigenvalue weighted by molar-refractivity contribution is 5.93. The number of amides is 2. The van der Waals surface area contributed by atoms with E-state index >= 15 is 0 Å². The maximum Gasteiger partial charge on any atom is 0.239 e. The first-order chi connectivity index (χ1) is 13.4. The molecule has 0 saturated carbocycles. The summed E-state index contributed by atoms with van der Waals surface area (Å²) in [7, 11) is 0. The standard InChI is InChI=1S/C20H22F2N4O2/c1-10(19-16(22)4-11(7-23)8-24-19)25-18(27)9-26-17-6-15(20(26)28)13-3-2-12(21)5-14(13)17/h2-3,5,10-11,15-17,19,24H,4,6,8-9H2,1H3,(H,25,27)/t10-,11?,15+,16?,17-,19?/m1/s1. The predicted octanol–water partition coefficient (Wildman–Crippen LogP) is 1.54. The summed E-state index contributed by atoms with van der Waals surface area (Å²) in [5.74, 6) is -1.54. The van der Waals surface area contributed by atoms with Crippen LogP contribution < -0.4 is 10.6 Å². The minimum Gasteiger partial charge on any atom is -0.350 e. The molecule has 2 bridgehead atoms. The SMILES string of the molecule is C[C@@H](NC(=O)CN1C(=O)[C@H]2C[C@@H]1c1cc(F)ccc12)C1NCC(C#N)CC1F. The van der Waals surface area contributed by atoms with E-state index in [-0.39, 0.29) is 48.5 Å². The fraction of sp³-hybridized carbons (Fsp3) is 0.550. The molecule has 0 radical (unpaired) electrons.